The Hall–Kier alpha value is -3.34. The van der Waals surface area contributed by atoms with Gasteiger partial charge in [0.25, 0.3) is 5.91 Å². The summed E-state index contributed by atoms with van der Waals surface area (Å²) in [5.41, 5.74) is 3.84. The molecule has 0 atom stereocenters. The van der Waals surface area contributed by atoms with E-state index in [1.165, 1.54) is 0 Å². The third kappa shape index (κ3) is 3.95. The van der Waals surface area contributed by atoms with Gasteiger partial charge in [0.05, 0.1) is 12.8 Å². The van der Waals surface area contributed by atoms with Gasteiger partial charge in [-0.25, -0.2) is 0 Å². The normalized spacial score (nSPS) is 10.2. The summed E-state index contributed by atoms with van der Waals surface area (Å²) in [6, 6.07) is 18.8. The number of amides is 1. The van der Waals surface area contributed by atoms with Crippen molar-refractivity contribution < 1.29 is 9.53 Å². The lowest BCUT2D eigenvalue weighted by Crippen LogP contribution is -2.14. The Morgan fingerprint density at radius 2 is 1.72 bits per heavy atom. The predicted octanol–water partition coefficient (Wildman–Crippen LogP) is 4.39. The Morgan fingerprint density at radius 1 is 1.00 bits per heavy atom. The minimum absolute atomic E-state index is 0.294. The van der Waals surface area contributed by atoms with E-state index in [9.17, 15) is 4.79 Å². The van der Waals surface area contributed by atoms with Crippen molar-refractivity contribution in [1.29, 1.82) is 0 Å². The summed E-state index contributed by atoms with van der Waals surface area (Å²) in [5.74, 6) is 0.308. The summed E-state index contributed by atoms with van der Waals surface area (Å²) in [6.07, 6.45) is 1.61. The fraction of sp³-hybridized carbons (Fsp3) is 0.100. The maximum Gasteiger partial charge on any atom is 0.274 e. The van der Waals surface area contributed by atoms with Gasteiger partial charge in [0, 0.05) is 17.6 Å². The van der Waals surface area contributed by atoms with Crippen molar-refractivity contribution >= 4 is 23.0 Å². The number of hydrogen-bond donors (Lipinski definition) is 2. The number of hydrogen-bond acceptors (Lipinski definition) is 4. The molecule has 1 amide bonds. The molecule has 0 spiro atoms. The highest BCUT2D eigenvalue weighted by molar-refractivity contribution is 6.04. The van der Waals surface area contributed by atoms with Crippen molar-refractivity contribution in [3.05, 3.63) is 78.1 Å². The zero-order valence-corrected chi connectivity index (χ0v) is 14.1. The van der Waals surface area contributed by atoms with E-state index >= 15 is 0 Å². The van der Waals surface area contributed by atoms with Crippen LogP contribution in [0, 0.1) is 6.92 Å². The van der Waals surface area contributed by atoms with E-state index in [1.807, 2.05) is 49.4 Å². The quantitative estimate of drug-likeness (QED) is 0.727. The summed E-state index contributed by atoms with van der Waals surface area (Å²) in [5, 5.41) is 6.14. The Labute approximate surface area is 146 Å². The minimum atomic E-state index is -0.294. The van der Waals surface area contributed by atoms with Gasteiger partial charge < -0.3 is 15.4 Å². The van der Waals surface area contributed by atoms with Gasteiger partial charge in [-0.2, -0.15) is 0 Å². The van der Waals surface area contributed by atoms with E-state index in [4.69, 9.17) is 4.74 Å². The average Bonchev–Trinajstić information content (AvgIpc) is 2.64. The van der Waals surface area contributed by atoms with Crippen LogP contribution in [0.1, 0.15) is 16.1 Å². The molecule has 2 aromatic carbocycles. The molecule has 5 heteroatoms. The van der Waals surface area contributed by atoms with E-state index in [2.05, 4.69) is 15.6 Å². The van der Waals surface area contributed by atoms with Crippen molar-refractivity contribution in [2.45, 2.75) is 6.92 Å². The number of carbonyl (C=O) groups excluding carboxylic acids is 1. The SMILES string of the molecule is COc1ccccc1NC(=O)c1cc(Nc2ccccc2C)ccn1. The largest absolute Gasteiger partial charge is 0.495 e. The van der Waals surface area contributed by atoms with Gasteiger partial charge in [0.2, 0.25) is 0 Å². The molecule has 0 fully saturated rings. The lowest BCUT2D eigenvalue weighted by molar-refractivity contribution is 0.102. The van der Waals surface area contributed by atoms with Crippen LogP contribution in [0.15, 0.2) is 66.9 Å². The number of ether oxygens (including phenoxy) is 1. The zero-order valence-electron chi connectivity index (χ0n) is 14.1. The molecule has 1 aromatic heterocycles. The van der Waals surface area contributed by atoms with E-state index in [0.717, 1.165) is 16.9 Å². The second-order valence-electron chi connectivity index (χ2n) is 5.52. The molecule has 0 aliphatic carbocycles. The first-order valence-corrected chi connectivity index (χ1v) is 7.90. The van der Waals surface area contributed by atoms with Crippen molar-refractivity contribution in [2.24, 2.45) is 0 Å². The highest BCUT2D eigenvalue weighted by atomic mass is 16.5. The molecule has 5 nitrogen and oxygen atoms in total. The van der Waals surface area contributed by atoms with E-state index in [1.54, 1.807) is 31.5 Å². The molecule has 25 heavy (non-hydrogen) atoms. The number of rotatable bonds is 5. The second-order valence-corrected chi connectivity index (χ2v) is 5.52. The third-order valence-electron chi connectivity index (χ3n) is 3.77. The standard InChI is InChI=1S/C20H19N3O2/c1-14-7-3-4-8-16(14)22-15-11-12-21-18(13-15)20(24)23-17-9-5-6-10-19(17)25-2/h3-13H,1-2H3,(H,21,22)(H,23,24). The van der Waals surface area contributed by atoms with Crippen LogP contribution in [0.3, 0.4) is 0 Å². The third-order valence-corrected chi connectivity index (χ3v) is 3.77. The molecule has 3 aromatic rings. The first kappa shape index (κ1) is 16.5. The van der Waals surface area contributed by atoms with Gasteiger partial charge in [0.1, 0.15) is 11.4 Å². The summed E-state index contributed by atoms with van der Waals surface area (Å²) >= 11 is 0. The maximum atomic E-state index is 12.5. The maximum absolute atomic E-state index is 12.5. The van der Waals surface area contributed by atoms with Gasteiger partial charge in [-0.15, -0.1) is 0 Å². The number of aromatic nitrogens is 1. The van der Waals surface area contributed by atoms with Crippen LogP contribution < -0.4 is 15.4 Å². The first-order valence-electron chi connectivity index (χ1n) is 7.90. The van der Waals surface area contributed by atoms with Crippen molar-refractivity contribution in [3.8, 4) is 5.75 Å². The Kier molecular flexibility index (Phi) is 4.95. The first-order chi connectivity index (χ1) is 12.2. The molecule has 0 radical (unpaired) electrons. The number of carbonyl (C=O) groups is 1. The molecule has 1 heterocycles. The fourth-order valence-corrected chi connectivity index (χ4v) is 2.44. The van der Waals surface area contributed by atoms with Gasteiger partial charge in [-0.3, -0.25) is 9.78 Å². The molecular formula is C20H19N3O2. The van der Waals surface area contributed by atoms with Gasteiger partial charge in [-0.05, 0) is 42.8 Å². The van der Waals surface area contributed by atoms with Crippen LogP contribution in [0.2, 0.25) is 0 Å². The highest BCUT2D eigenvalue weighted by Gasteiger charge is 2.11. The van der Waals surface area contributed by atoms with Crippen LogP contribution in [0.25, 0.3) is 0 Å². The molecule has 0 bridgehead atoms. The molecule has 0 aliphatic heterocycles. The number of nitrogens with zero attached hydrogens (tertiary/aromatic N) is 1. The smallest absolute Gasteiger partial charge is 0.274 e. The zero-order chi connectivity index (χ0) is 17.6. The number of benzene rings is 2. The van der Waals surface area contributed by atoms with Crippen LogP contribution in [-0.2, 0) is 0 Å². The number of para-hydroxylation sites is 3. The molecule has 0 saturated heterocycles. The molecule has 0 saturated carbocycles. The Balaban J connectivity index is 1.79. The molecule has 0 unspecified atom stereocenters. The molecule has 126 valence electrons. The van der Waals surface area contributed by atoms with Crippen LogP contribution >= 0.6 is 0 Å². The van der Waals surface area contributed by atoms with Crippen LogP contribution in [-0.4, -0.2) is 18.0 Å². The van der Waals surface area contributed by atoms with Crippen molar-refractivity contribution in [3.63, 3.8) is 0 Å². The monoisotopic (exact) mass is 333 g/mol. The van der Waals surface area contributed by atoms with Gasteiger partial charge in [-0.1, -0.05) is 30.3 Å². The molecule has 2 N–H and O–H groups in total. The average molecular weight is 333 g/mol. The van der Waals surface area contributed by atoms with Crippen molar-refractivity contribution in [1.82, 2.24) is 4.98 Å². The van der Waals surface area contributed by atoms with E-state index in [0.29, 0.717) is 17.1 Å². The summed E-state index contributed by atoms with van der Waals surface area (Å²) in [7, 11) is 1.57. The van der Waals surface area contributed by atoms with Crippen LogP contribution in [0.4, 0.5) is 17.1 Å². The number of nitrogens with one attached hydrogen (secondary N) is 2. The summed E-state index contributed by atoms with van der Waals surface area (Å²) < 4.78 is 5.25. The van der Waals surface area contributed by atoms with Crippen molar-refractivity contribution in [2.75, 3.05) is 17.7 Å². The minimum Gasteiger partial charge on any atom is -0.495 e. The van der Waals surface area contributed by atoms with Gasteiger partial charge >= 0.3 is 0 Å². The predicted molar refractivity (Wildman–Crippen MR) is 99.6 cm³/mol. The molecular weight excluding hydrogens is 314 g/mol. The van der Waals surface area contributed by atoms with Gasteiger partial charge in [0.15, 0.2) is 0 Å². The molecule has 0 aliphatic rings. The summed E-state index contributed by atoms with van der Waals surface area (Å²) in [6.45, 7) is 2.03. The number of anilines is 3. The van der Waals surface area contributed by atoms with E-state index in [-0.39, 0.29) is 5.91 Å². The number of pyridine rings is 1. The Morgan fingerprint density at radius 3 is 2.48 bits per heavy atom. The summed E-state index contributed by atoms with van der Waals surface area (Å²) in [4.78, 5) is 16.7. The highest BCUT2D eigenvalue weighted by Crippen LogP contribution is 2.24. The van der Waals surface area contributed by atoms with Crippen LogP contribution in [0.5, 0.6) is 5.75 Å². The number of aryl methyl sites for hydroxylation is 1. The topological polar surface area (TPSA) is 63.2 Å². The lowest BCUT2D eigenvalue weighted by atomic mass is 10.2. The fourth-order valence-electron chi connectivity index (χ4n) is 2.44. The Bertz CT molecular complexity index is 893. The number of methoxy groups -OCH3 is 1. The lowest BCUT2D eigenvalue weighted by Gasteiger charge is -2.11. The van der Waals surface area contributed by atoms with E-state index < -0.39 is 0 Å². The molecule has 3 rings (SSSR count). The second kappa shape index (κ2) is 7.49.